The van der Waals surface area contributed by atoms with Crippen molar-refractivity contribution < 1.29 is 14.3 Å². The number of likely N-dealkylation sites (tertiary alicyclic amines) is 2. The predicted molar refractivity (Wildman–Crippen MR) is 180 cm³/mol. The number of hydrogen-bond donors (Lipinski definition) is 0. The fourth-order valence-electron chi connectivity index (χ4n) is 7.57. The summed E-state index contributed by atoms with van der Waals surface area (Å²) in [5, 5.41) is 0.921. The van der Waals surface area contributed by atoms with Crippen LogP contribution in [0.2, 0.25) is 0 Å². The third kappa shape index (κ3) is 6.36. The Morgan fingerprint density at radius 2 is 1.71 bits per heavy atom. The fourth-order valence-corrected chi connectivity index (χ4v) is 7.57. The van der Waals surface area contributed by atoms with Crippen molar-refractivity contribution in [2.75, 3.05) is 33.2 Å². The maximum absolute atomic E-state index is 13.6. The van der Waals surface area contributed by atoms with Gasteiger partial charge in [-0.05, 0) is 127 Å². The minimum Gasteiger partial charge on any atom is -0.429 e. The molecule has 0 radical (unpaired) electrons. The van der Waals surface area contributed by atoms with Gasteiger partial charge in [-0.1, -0.05) is 27.2 Å². The number of aromatic nitrogens is 2. The largest absolute Gasteiger partial charge is 0.429 e. The lowest BCUT2D eigenvalue weighted by Crippen LogP contribution is -2.45. The van der Waals surface area contributed by atoms with Crippen molar-refractivity contribution >= 4 is 23.2 Å². The Labute approximate surface area is 267 Å². The number of nitrogens with zero attached hydrogens (tertiary/aromatic N) is 4. The van der Waals surface area contributed by atoms with Crippen LogP contribution in [0.15, 0.2) is 29.1 Å². The lowest BCUT2D eigenvalue weighted by Gasteiger charge is -2.39. The highest BCUT2D eigenvalue weighted by Crippen LogP contribution is 2.40. The van der Waals surface area contributed by atoms with Gasteiger partial charge in [0, 0.05) is 22.6 Å². The summed E-state index contributed by atoms with van der Waals surface area (Å²) in [5.74, 6) is 0.521. The van der Waals surface area contributed by atoms with Crippen LogP contribution in [0.3, 0.4) is 0 Å². The van der Waals surface area contributed by atoms with Crippen LogP contribution in [-0.2, 0) is 34.4 Å². The molecule has 2 fully saturated rings. The van der Waals surface area contributed by atoms with E-state index >= 15 is 0 Å². The van der Waals surface area contributed by atoms with Crippen LogP contribution in [-0.4, -0.2) is 70.9 Å². The van der Waals surface area contributed by atoms with Gasteiger partial charge in [0.15, 0.2) is 0 Å². The summed E-state index contributed by atoms with van der Waals surface area (Å²) in [7, 11) is 2.24. The van der Waals surface area contributed by atoms with Gasteiger partial charge in [-0.3, -0.25) is 14.4 Å². The van der Waals surface area contributed by atoms with Crippen LogP contribution in [0, 0.1) is 0 Å². The summed E-state index contributed by atoms with van der Waals surface area (Å²) >= 11 is 0. The molecule has 0 N–H and O–H groups in total. The lowest BCUT2D eigenvalue weighted by atomic mass is 9.74. The predicted octanol–water partition coefficient (Wildman–Crippen LogP) is 5.91. The van der Waals surface area contributed by atoms with E-state index in [2.05, 4.69) is 23.8 Å². The second kappa shape index (κ2) is 14.0. The molecule has 0 aliphatic carbocycles. The van der Waals surface area contributed by atoms with E-state index in [1.165, 1.54) is 58.3 Å². The van der Waals surface area contributed by atoms with E-state index in [0.717, 1.165) is 51.4 Å². The topological polar surface area (TPSA) is 84.7 Å². The summed E-state index contributed by atoms with van der Waals surface area (Å²) in [6.45, 7) is 15.8. The van der Waals surface area contributed by atoms with Gasteiger partial charge in [-0.2, -0.15) is 0 Å². The first-order valence-electron chi connectivity index (χ1n) is 16.9. The van der Waals surface area contributed by atoms with Crippen LogP contribution in [0.1, 0.15) is 95.4 Å². The van der Waals surface area contributed by atoms with E-state index in [0.29, 0.717) is 37.2 Å². The molecule has 8 nitrogen and oxygen atoms in total. The van der Waals surface area contributed by atoms with Gasteiger partial charge in [-0.25, -0.2) is 4.98 Å². The number of hydrogen-bond acceptors (Lipinski definition) is 7. The second-order valence-electron chi connectivity index (χ2n) is 13.2. The molecule has 0 saturated carbocycles. The van der Waals surface area contributed by atoms with Crippen molar-refractivity contribution in [3.05, 3.63) is 56.9 Å². The molecule has 3 aliphatic rings. The fraction of sp³-hybridized carbons (Fsp3) is 0.568. The zero-order valence-electron chi connectivity index (χ0n) is 28.1. The van der Waals surface area contributed by atoms with E-state index in [-0.39, 0.29) is 11.3 Å². The molecule has 2 saturated heterocycles. The van der Waals surface area contributed by atoms with Crippen LogP contribution in [0.25, 0.3) is 22.3 Å². The van der Waals surface area contributed by atoms with Gasteiger partial charge >= 0.3 is 0 Å². The Hall–Kier alpha value is -3.36. The maximum Gasteiger partial charge on any atom is 0.298 e. The molecule has 1 atom stereocenters. The third-order valence-corrected chi connectivity index (χ3v) is 10.7. The molecule has 2 aromatic heterocycles. The molecule has 1 aromatic carbocycles. The monoisotopic (exact) mass is 614 g/mol. The third-order valence-electron chi connectivity index (χ3n) is 10.7. The SMILES string of the molecule is CCc1c([C@@](C)(CC)C(C)=O)cc2n(c1=O)Cc1c-2nc2ccc(OC=O)cc2c1CC.CN1CCC(N2CCCCC2)CC1. The molecule has 45 heavy (non-hydrogen) atoms. The van der Waals surface area contributed by atoms with Crippen molar-refractivity contribution in [2.24, 2.45) is 0 Å². The van der Waals surface area contributed by atoms with E-state index in [9.17, 15) is 14.4 Å². The number of Topliss-reactive ketones (excluding diaryl/α,β-unsaturated/α-hetero) is 1. The Balaban J connectivity index is 0.000000256. The highest BCUT2D eigenvalue weighted by Gasteiger charge is 2.36. The number of ketones is 1. The van der Waals surface area contributed by atoms with Crippen molar-refractivity contribution in [1.82, 2.24) is 19.4 Å². The number of piperidine rings is 2. The molecule has 242 valence electrons. The van der Waals surface area contributed by atoms with Gasteiger partial charge in [0.2, 0.25) is 0 Å². The van der Waals surface area contributed by atoms with Gasteiger partial charge < -0.3 is 19.1 Å². The molecule has 0 unspecified atom stereocenters. The van der Waals surface area contributed by atoms with E-state index in [1.807, 2.05) is 39.0 Å². The van der Waals surface area contributed by atoms with E-state index in [1.54, 1.807) is 17.6 Å². The van der Waals surface area contributed by atoms with Crippen LogP contribution in [0.4, 0.5) is 0 Å². The number of rotatable bonds is 8. The molecule has 3 aliphatic heterocycles. The highest BCUT2D eigenvalue weighted by molar-refractivity contribution is 5.91. The highest BCUT2D eigenvalue weighted by atomic mass is 16.5. The van der Waals surface area contributed by atoms with Gasteiger partial charge in [0.1, 0.15) is 11.5 Å². The average molecular weight is 615 g/mol. The molecule has 8 heteroatoms. The summed E-state index contributed by atoms with van der Waals surface area (Å²) in [6, 6.07) is 8.30. The van der Waals surface area contributed by atoms with Gasteiger partial charge in [-0.15, -0.1) is 0 Å². The molecular formula is C37H50N4O4. The Morgan fingerprint density at radius 1 is 1.02 bits per heavy atom. The molecule has 0 amide bonds. The molecule has 5 heterocycles. The minimum atomic E-state index is -0.714. The zero-order chi connectivity index (χ0) is 32.3. The second-order valence-corrected chi connectivity index (χ2v) is 13.2. The minimum absolute atomic E-state index is 0.0463. The van der Waals surface area contributed by atoms with E-state index < -0.39 is 5.41 Å². The Bertz CT molecular complexity index is 1620. The molecule has 6 rings (SSSR count). The maximum atomic E-state index is 13.6. The number of fused-ring (bicyclic) bond motifs is 4. The summed E-state index contributed by atoms with van der Waals surface area (Å²) < 4.78 is 6.83. The Kier molecular flexibility index (Phi) is 10.2. The first kappa shape index (κ1) is 33.0. The number of carbonyl (C=O) groups excluding carboxylic acids is 2. The van der Waals surface area contributed by atoms with Gasteiger partial charge in [0.05, 0.1) is 28.9 Å². The quantitative estimate of drug-likeness (QED) is 0.228. The number of ether oxygens (including phenoxy) is 1. The van der Waals surface area contributed by atoms with Crippen LogP contribution < -0.4 is 10.3 Å². The van der Waals surface area contributed by atoms with Crippen LogP contribution >= 0.6 is 0 Å². The number of carbonyl (C=O) groups is 2. The average Bonchev–Trinajstić information content (AvgIpc) is 3.42. The summed E-state index contributed by atoms with van der Waals surface area (Å²) in [5.41, 5.74) is 5.20. The molecule has 3 aromatic rings. The summed E-state index contributed by atoms with van der Waals surface area (Å²) in [6.07, 6.45) is 9.07. The molecular weight excluding hydrogens is 564 g/mol. The number of aryl methyl sites for hydroxylation is 1. The summed E-state index contributed by atoms with van der Waals surface area (Å²) in [4.78, 5) is 47.1. The standard InChI is InChI=1S/C26H28N2O4.C11H22N2/c1-6-17-19-11-16(32-14-29)9-10-22(19)27-24-20(17)13-28-23(24)12-21(18(7-2)25(28)31)26(5,8-3)15(4)30;1-12-9-5-11(6-10-12)13-7-3-2-4-8-13/h9-12,14H,6-8,13H2,1-5H3;11H,2-10H2,1H3/t26-;/m0./s1. The zero-order valence-corrected chi connectivity index (χ0v) is 28.1. The number of benzene rings is 1. The van der Waals surface area contributed by atoms with Crippen molar-refractivity contribution in [3.8, 4) is 17.1 Å². The van der Waals surface area contributed by atoms with E-state index in [4.69, 9.17) is 9.72 Å². The van der Waals surface area contributed by atoms with Gasteiger partial charge in [0.25, 0.3) is 12.0 Å². The molecule has 0 spiro atoms. The molecule has 0 bridgehead atoms. The smallest absolute Gasteiger partial charge is 0.298 e. The number of pyridine rings is 2. The first-order valence-corrected chi connectivity index (χ1v) is 16.9. The van der Waals surface area contributed by atoms with Crippen molar-refractivity contribution in [3.63, 3.8) is 0 Å². The van der Waals surface area contributed by atoms with Crippen molar-refractivity contribution in [1.29, 1.82) is 0 Å². The van der Waals surface area contributed by atoms with Crippen LogP contribution in [0.5, 0.6) is 5.75 Å². The normalized spacial score (nSPS) is 18.4. The lowest BCUT2D eigenvalue weighted by molar-refractivity contribution is -0.122. The first-order chi connectivity index (χ1) is 21.7. The van der Waals surface area contributed by atoms with Crippen molar-refractivity contribution in [2.45, 2.75) is 104 Å². The Morgan fingerprint density at radius 3 is 2.31 bits per heavy atom.